The van der Waals surface area contributed by atoms with Gasteiger partial charge in [-0.2, -0.15) is 0 Å². The minimum atomic E-state index is -1.09. The van der Waals surface area contributed by atoms with Gasteiger partial charge in [0.1, 0.15) is 5.75 Å². The van der Waals surface area contributed by atoms with E-state index in [1.807, 2.05) is 0 Å². The monoisotopic (exact) mass is 342 g/mol. The summed E-state index contributed by atoms with van der Waals surface area (Å²) in [7, 11) is 1.79. The molecule has 0 saturated heterocycles. The minimum Gasteiger partial charge on any atom is -0.480 e. The average Bonchev–Trinajstić information content (AvgIpc) is 2.53. The second-order valence-electron chi connectivity index (χ2n) is 5.61. The van der Waals surface area contributed by atoms with E-state index in [-0.39, 0.29) is 35.8 Å². The number of aliphatic carboxylic acids is 1. The van der Waals surface area contributed by atoms with Gasteiger partial charge in [0.2, 0.25) is 0 Å². The van der Waals surface area contributed by atoms with Crippen molar-refractivity contribution in [3.8, 4) is 5.75 Å². The molecular weight excluding hydrogens is 320 g/mol. The molecule has 1 aromatic carbocycles. The Hall–Kier alpha value is -1.95. The van der Waals surface area contributed by atoms with Gasteiger partial charge in [0.05, 0.1) is 11.3 Å². The van der Waals surface area contributed by atoms with Crippen LogP contribution >= 0.6 is 12.4 Å². The van der Waals surface area contributed by atoms with Gasteiger partial charge < -0.3 is 20.5 Å². The van der Waals surface area contributed by atoms with E-state index in [4.69, 9.17) is 15.6 Å². The van der Waals surface area contributed by atoms with Gasteiger partial charge in [-0.05, 0) is 25.0 Å². The van der Waals surface area contributed by atoms with E-state index in [0.717, 1.165) is 25.7 Å². The lowest BCUT2D eigenvalue weighted by Crippen LogP contribution is -2.38. The molecule has 2 rings (SSSR count). The Labute approximate surface area is 142 Å². The summed E-state index contributed by atoms with van der Waals surface area (Å²) in [6.07, 6.45) is 5.52. The number of benzene rings is 1. The van der Waals surface area contributed by atoms with Crippen LogP contribution < -0.4 is 10.5 Å². The number of hydrogen-bond donors (Lipinski definition) is 2. The number of halogens is 1. The maximum Gasteiger partial charge on any atom is 0.341 e. The van der Waals surface area contributed by atoms with E-state index < -0.39 is 12.6 Å². The van der Waals surface area contributed by atoms with E-state index in [0.29, 0.717) is 5.56 Å². The molecular formula is C16H23ClN2O4. The zero-order valence-electron chi connectivity index (χ0n) is 13.2. The van der Waals surface area contributed by atoms with Gasteiger partial charge >= 0.3 is 5.97 Å². The van der Waals surface area contributed by atoms with E-state index in [1.165, 1.54) is 6.42 Å². The van der Waals surface area contributed by atoms with Gasteiger partial charge in [0, 0.05) is 13.1 Å². The van der Waals surface area contributed by atoms with Crippen LogP contribution in [0.25, 0.3) is 0 Å². The fourth-order valence-electron chi connectivity index (χ4n) is 2.82. The predicted molar refractivity (Wildman–Crippen MR) is 90.2 cm³/mol. The van der Waals surface area contributed by atoms with Crippen LogP contribution in [0.4, 0.5) is 5.69 Å². The lowest BCUT2D eigenvalue weighted by atomic mass is 9.94. The molecule has 6 nitrogen and oxygen atoms in total. The number of carboxylic acids is 1. The highest BCUT2D eigenvalue weighted by Crippen LogP contribution is 2.28. The third kappa shape index (κ3) is 4.76. The van der Waals surface area contributed by atoms with Crippen molar-refractivity contribution in [2.24, 2.45) is 0 Å². The van der Waals surface area contributed by atoms with Gasteiger partial charge in [0.25, 0.3) is 5.91 Å². The minimum absolute atomic E-state index is 0. The maximum absolute atomic E-state index is 12.6. The van der Waals surface area contributed by atoms with Crippen molar-refractivity contribution in [1.82, 2.24) is 4.90 Å². The molecule has 0 spiro atoms. The van der Waals surface area contributed by atoms with Gasteiger partial charge in [-0.1, -0.05) is 25.3 Å². The number of carboxylic acid groups (broad SMARTS) is 1. The summed E-state index contributed by atoms with van der Waals surface area (Å²) in [6.45, 7) is -0.486. The Morgan fingerprint density at radius 1 is 1.30 bits per heavy atom. The first-order chi connectivity index (χ1) is 10.5. The number of nitrogen functional groups attached to an aromatic ring is 1. The van der Waals surface area contributed by atoms with Crippen LogP contribution in [0.2, 0.25) is 0 Å². The van der Waals surface area contributed by atoms with Crippen LogP contribution in [-0.2, 0) is 4.79 Å². The molecule has 23 heavy (non-hydrogen) atoms. The third-order valence-electron chi connectivity index (χ3n) is 4.09. The fraction of sp³-hybridized carbons (Fsp3) is 0.500. The quantitative estimate of drug-likeness (QED) is 0.802. The summed E-state index contributed by atoms with van der Waals surface area (Å²) in [6, 6.07) is 5.10. The highest BCUT2D eigenvalue weighted by molar-refractivity contribution is 6.00. The van der Waals surface area contributed by atoms with Crippen LogP contribution in [0.3, 0.4) is 0 Å². The number of amides is 1. The summed E-state index contributed by atoms with van der Waals surface area (Å²) >= 11 is 0. The van der Waals surface area contributed by atoms with Crippen LogP contribution in [0.5, 0.6) is 5.75 Å². The molecule has 0 radical (unpaired) electrons. The molecule has 0 aromatic heterocycles. The Morgan fingerprint density at radius 2 is 1.96 bits per heavy atom. The van der Waals surface area contributed by atoms with E-state index in [1.54, 1.807) is 30.1 Å². The standard InChI is InChI=1S/C16H22N2O4.ClH/c1-18(11-6-3-2-4-7-11)16(21)12-8-5-9-13(15(12)17)22-10-14(19)20;/h5,8-9,11H,2-4,6-7,10,17H2,1H3,(H,19,20);1H. The summed E-state index contributed by atoms with van der Waals surface area (Å²) in [5.74, 6) is -1.01. The van der Waals surface area contributed by atoms with Crippen molar-refractivity contribution in [1.29, 1.82) is 0 Å². The number of anilines is 1. The number of rotatable bonds is 5. The molecule has 0 bridgehead atoms. The number of nitrogens with zero attached hydrogens (tertiary/aromatic N) is 1. The highest BCUT2D eigenvalue weighted by atomic mass is 35.5. The molecule has 1 aliphatic carbocycles. The molecule has 1 amide bonds. The molecule has 0 unspecified atom stereocenters. The largest absolute Gasteiger partial charge is 0.480 e. The molecule has 0 atom stereocenters. The van der Waals surface area contributed by atoms with Crippen molar-refractivity contribution in [3.05, 3.63) is 23.8 Å². The number of carbonyl (C=O) groups is 2. The fourth-order valence-corrected chi connectivity index (χ4v) is 2.82. The first-order valence-corrected chi connectivity index (χ1v) is 7.51. The predicted octanol–water partition coefficient (Wildman–Crippen LogP) is 2.56. The SMILES string of the molecule is CN(C(=O)c1cccc(OCC(=O)O)c1N)C1CCCCC1.Cl. The molecule has 1 fully saturated rings. The average molecular weight is 343 g/mol. The van der Waals surface area contributed by atoms with Crippen LogP contribution in [-0.4, -0.2) is 41.6 Å². The lowest BCUT2D eigenvalue weighted by molar-refractivity contribution is -0.139. The Bertz CT molecular complexity index is 559. The van der Waals surface area contributed by atoms with Crippen LogP contribution in [0.15, 0.2) is 18.2 Å². The summed E-state index contributed by atoms with van der Waals surface area (Å²) in [5, 5.41) is 8.66. The second kappa shape index (κ2) is 8.62. The van der Waals surface area contributed by atoms with Crippen LogP contribution in [0, 0.1) is 0 Å². The molecule has 1 aromatic rings. The Morgan fingerprint density at radius 3 is 2.57 bits per heavy atom. The van der Waals surface area contributed by atoms with Crippen molar-refractivity contribution >= 4 is 30.0 Å². The van der Waals surface area contributed by atoms with Crippen molar-refractivity contribution in [3.63, 3.8) is 0 Å². The summed E-state index contributed by atoms with van der Waals surface area (Å²) < 4.78 is 5.12. The second-order valence-corrected chi connectivity index (χ2v) is 5.61. The summed E-state index contributed by atoms with van der Waals surface area (Å²) in [5.41, 5.74) is 6.52. The normalized spacial score (nSPS) is 14.7. The van der Waals surface area contributed by atoms with Gasteiger partial charge in [-0.25, -0.2) is 4.79 Å². The van der Waals surface area contributed by atoms with E-state index >= 15 is 0 Å². The van der Waals surface area contributed by atoms with E-state index in [2.05, 4.69) is 0 Å². The molecule has 3 N–H and O–H groups in total. The lowest BCUT2D eigenvalue weighted by Gasteiger charge is -2.31. The molecule has 0 aliphatic heterocycles. The number of hydrogen-bond acceptors (Lipinski definition) is 4. The zero-order valence-corrected chi connectivity index (χ0v) is 14.0. The van der Waals surface area contributed by atoms with Gasteiger partial charge in [-0.3, -0.25) is 4.79 Å². The molecule has 1 aliphatic rings. The molecule has 7 heteroatoms. The first-order valence-electron chi connectivity index (χ1n) is 7.51. The number of carbonyl (C=O) groups excluding carboxylic acids is 1. The van der Waals surface area contributed by atoms with Crippen molar-refractivity contribution in [2.75, 3.05) is 19.4 Å². The maximum atomic E-state index is 12.6. The highest BCUT2D eigenvalue weighted by Gasteiger charge is 2.25. The first kappa shape index (κ1) is 19.1. The third-order valence-corrected chi connectivity index (χ3v) is 4.09. The van der Waals surface area contributed by atoms with Gasteiger partial charge in [0.15, 0.2) is 6.61 Å². The van der Waals surface area contributed by atoms with Crippen molar-refractivity contribution < 1.29 is 19.4 Å². The summed E-state index contributed by atoms with van der Waals surface area (Å²) in [4.78, 5) is 24.9. The topological polar surface area (TPSA) is 92.9 Å². The smallest absolute Gasteiger partial charge is 0.341 e. The Kier molecular flexibility index (Phi) is 7.16. The molecule has 1 saturated carbocycles. The van der Waals surface area contributed by atoms with Gasteiger partial charge in [-0.15, -0.1) is 12.4 Å². The molecule has 128 valence electrons. The van der Waals surface area contributed by atoms with E-state index in [9.17, 15) is 9.59 Å². The molecule has 0 heterocycles. The zero-order chi connectivity index (χ0) is 16.1. The number of para-hydroxylation sites is 1. The van der Waals surface area contributed by atoms with Crippen LogP contribution in [0.1, 0.15) is 42.5 Å². The Balaban J connectivity index is 0.00000264. The number of ether oxygens (including phenoxy) is 1. The van der Waals surface area contributed by atoms with Crippen molar-refractivity contribution in [2.45, 2.75) is 38.1 Å². The number of nitrogens with two attached hydrogens (primary N) is 1.